The lowest BCUT2D eigenvalue weighted by molar-refractivity contribution is -0.268. The molecule has 6 atom stereocenters. The minimum Gasteiger partial charge on any atom is -0.367 e. The Kier molecular flexibility index (Phi) is 2.44. The molecule has 2 aliphatic heterocycles. The van der Waals surface area contributed by atoms with E-state index in [2.05, 4.69) is 24.4 Å². The second-order valence-corrected chi connectivity index (χ2v) is 8.77. The van der Waals surface area contributed by atoms with Crippen molar-refractivity contribution in [2.45, 2.75) is 62.6 Å². The van der Waals surface area contributed by atoms with Crippen molar-refractivity contribution < 1.29 is 9.53 Å². The van der Waals surface area contributed by atoms with Gasteiger partial charge >= 0.3 is 0 Å². The van der Waals surface area contributed by atoms with E-state index in [9.17, 15) is 4.79 Å². The molecule has 6 rings (SSSR count). The van der Waals surface area contributed by atoms with E-state index in [0.717, 1.165) is 6.42 Å². The predicted octanol–water partition coefficient (Wildman–Crippen LogP) is 4.16. The van der Waals surface area contributed by atoms with E-state index in [4.69, 9.17) is 4.74 Å². The van der Waals surface area contributed by atoms with Crippen LogP contribution >= 0.6 is 11.3 Å². The number of Topliss-reactive ketones (excluding diaryl/α,β-unsaturated/α-hetero) is 1. The van der Waals surface area contributed by atoms with Crippen LogP contribution < -0.4 is 0 Å². The molecule has 4 bridgehead atoms. The van der Waals surface area contributed by atoms with Gasteiger partial charge in [0.1, 0.15) is 5.78 Å². The van der Waals surface area contributed by atoms with Gasteiger partial charge in [-0.3, -0.25) is 4.79 Å². The molecule has 112 valence electrons. The molecule has 3 heteroatoms. The number of ether oxygens (including phenoxy) is 1. The van der Waals surface area contributed by atoms with E-state index in [0.29, 0.717) is 30.0 Å². The second kappa shape index (κ2) is 3.99. The first kappa shape index (κ1) is 12.8. The lowest BCUT2D eigenvalue weighted by atomic mass is 9.55. The SMILES string of the molecule is CC12OC34CCCCC3[C@@H](CC1c1cccs1)C2C(=O)C4. The topological polar surface area (TPSA) is 26.3 Å². The molecular weight excluding hydrogens is 280 g/mol. The van der Waals surface area contributed by atoms with Gasteiger partial charge < -0.3 is 4.74 Å². The summed E-state index contributed by atoms with van der Waals surface area (Å²) in [5.41, 5.74) is -0.339. The summed E-state index contributed by atoms with van der Waals surface area (Å²) in [5, 5.41) is 2.16. The third kappa shape index (κ3) is 1.45. The van der Waals surface area contributed by atoms with Crippen molar-refractivity contribution in [1.29, 1.82) is 0 Å². The van der Waals surface area contributed by atoms with Crippen LogP contribution in [0.4, 0.5) is 0 Å². The standard InChI is InChI=1S/C18H22O2S/c1-17-13(15-6-4-8-21-15)9-11-12-5-2-3-7-18(12,20-17)10-14(19)16(11)17/h4,6,8,11-13,16H,2-3,5,7,9-10H2,1H3/t11-,12?,13?,16?,17?,18?/m1/s1. The quantitative estimate of drug-likeness (QED) is 0.778. The molecule has 5 fully saturated rings. The third-order valence-corrected chi connectivity index (χ3v) is 7.92. The van der Waals surface area contributed by atoms with E-state index in [1.54, 1.807) is 0 Å². The van der Waals surface area contributed by atoms with E-state index in [1.807, 2.05) is 11.3 Å². The van der Waals surface area contributed by atoms with E-state index in [1.165, 1.54) is 30.6 Å². The molecule has 5 unspecified atom stereocenters. The summed E-state index contributed by atoms with van der Waals surface area (Å²) in [6.07, 6.45) is 6.82. The monoisotopic (exact) mass is 302 g/mol. The van der Waals surface area contributed by atoms with Gasteiger partial charge in [-0.15, -0.1) is 11.3 Å². The number of fused-ring (bicyclic) bond motifs is 1. The van der Waals surface area contributed by atoms with Crippen LogP contribution in [0.5, 0.6) is 0 Å². The second-order valence-electron chi connectivity index (χ2n) is 7.79. The highest BCUT2D eigenvalue weighted by Crippen LogP contribution is 2.68. The summed E-state index contributed by atoms with van der Waals surface area (Å²) in [6, 6.07) is 4.38. The minimum absolute atomic E-state index is 0.102. The Morgan fingerprint density at radius 2 is 2.29 bits per heavy atom. The van der Waals surface area contributed by atoms with Crippen molar-refractivity contribution in [2.24, 2.45) is 17.8 Å². The fourth-order valence-electron chi connectivity index (χ4n) is 6.33. The highest BCUT2D eigenvalue weighted by molar-refractivity contribution is 7.10. The molecule has 5 aliphatic rings. The van der Waals surface area contributed by atoms with Gasteiger partial charge in [-0.05, 0) is 49.5 Å². The van der Waals surface area contributed by atoms with Crippen LogP contribution in [0.3, 0.4) is 0 Å². The molecule has 3 heterocycles. The van der Waals surface area contributed by atoms with Crippen molar-refractivity contribution in [1.82, 2.24) is 0 Å². The van der Waals surface area contributed by atoms with Crippen LogP contribution in [0.15, 0.2) is 17.5 Å². The average Bonchev–Trinajstić information content (AvgIpc) is 3.03. The van der Waals surface area contributed by atoms with Gasteiger partial charge in [-0.25, -0.2) is 0 Å². The van der Waals surface area contributed by atoms with Crippen LogP contribution in [0.25, 0.3) is 0 Å². The molecule has 3 saturated carbocycles. The molecule has 0 amide bonds. The Labute approximate surface area is 129 Å². The van der Waals surface area contributed by atoms with Crippen molar-refractivity contribution in [3.8, 4) is 0 Å². The van der Waals surface area contributed by atoms with Crippen LogP contribution in [-0.2, 0) is 9.53 Å². The highest BCUT2D eigenvalue weighted by atomic mass is 32.1. The maximum absolute atomic E-state index is 12.8. The number of carbonyl (C=O) groups excluding carboxylic acids is 1. The largest absolute Gasteiger partial charge is 0.367 e. The van der Waals surface area contributed by atoms with Crippen molar-refractivity contribution in [3.05, 3.63) is 22.4 Å². The van der Waals surface area contributed by atoms with E-state index >= 15 is 0 Å². The zero-order valence-corrected chi connectivity index (χ0v) is 13.3. The van der Waals surface area contributed by atoms with Gasteiger partial charge in [-0.2, -0.15) is 0 Å². The molecule has 0 aromatic carbocycles. The number of rotatable bonds is 1. The maximum atomic E-state index is 12.8. The molecule has 21 heavy (non-hydrogen) atoms. The Balaban J connectivity index is 1.65. The smallest absolute Gasteiger partial charge is 0.142 e. The zero-order chi connectivity index (χ0) is 14.2. The summed E-state index contributed by atoms with van der Waals surface area (Å²) >= 11 is 1.84. The van der Waals surface area contributed by atoms with Crippen LogP contribution in [0, 0.1) is 17.8 Å². The number of ketones is 1. The number of hydrogen-bond donors (Lipinski definition) is 0. The summed E-state index contributed by atoms with van der Waals surface area (Å²) in [5.74, 6) is 2.32. The highest BCUT2D eigenvalue weighted by Gasteiger charge is 2.71. The Morgan fingerprint density at radius 3 is 3.10 bits per heavy atom. The zero-order valence-electron chi connectivity index (χ0n) is 12.5. The molecule has 0 radical (unpaired) electrons. The molecule has 1 aromatic rings. The average molecular weight is 302 g/mol. The fraction of sp³-hybridized carbons (Fsp3) is 0.722. The Morgan fingerprint density at radius 1 is 1.38 bits per heavy atom. The van der Waals surface area contributed by atoms with Crippen molar-refractivity contribution in [3.63, 3.8) is 0 Å². The van der Waals surface area contributed by atoms with Crippen molar-refractivity contribution in [2.75, 3.05) is 0 Å². The van der Waals surface area contributed by atoms with E-state index < -0.39 is 0 Å². The van der Waals surface area contributed by atoms with Crippen LogP contribution in [-0.4, -0.2) is 17.0 Å². The van der Waals surface area contributed by atoms with Gasteiger partial charge in [-0.1, -0.05) is 18.9 Å². The molecule has 1 aromatic heterocycles. The molecule has 2 saturated heterocycles. The normalized spacial score (nSPS) is 51.2. The maximum Gasteiger partial charge on any atom is 0.142 e. The summed E-state index contributed by atoms with van der Waals surface area (Å²) < 4.78 is 6.85. The molecule has 1 spiro atoms. The van der Waals surface area contributed by atoms with Crippen LogP contribution in [0.2, 0.25) is 0 Å². The Hall–Kier alpha value is -0.670. The Bertz CT molecular complexity index is 594. The molecule has 0 N–H and O–H groups in total. The van der Waals surface area contributed by atoms with Gasteiger partial charge in [0.15, 0.2) is 0 Å². The van der Waals surface area contributed by atoms with Gasteiger partial charge in [0.25, 0.3) is 0 Å². The third-order valence-electron chi connectivity index (χ3n) is 6.93. The first-order valence-corrected chi connectivity index (χ1v) is 9.28. The molecule has 2 nitrogen and oxygen atoms in total. The summed E-state index contributed by atoms with van der Waals surface area (Å²) in [6.45, 7) is 2.24. The lowest BCUT2D eigenvalue weighted by Gasteiger charge is -2.61. The summed E-state index contributed by atoms with van der Waals surface area (Å²) in [4.78, 5) is 14.2. The fourth-order valence-corrected chi connectivity index (χ4v) is 7.29. The van der Waals surface area contributed by atoms with Crippen LogP contribution in [0.1, 0.15) is 56.2 Å². The number of hydrogen-bond acceptors (Lipinski definition) is 3. The first-order valence-electron chi connectivity index (χ1n) is 8.40. The summed E-state index contributed by atoms with van der Waals surface area (Å²) in [7, 11) is 0. The predicted molar refractivity (Wildman–Crippen MR) is 82.5 cm³/mol. The van der Waals surface area contributed by atoms with Crippen molar-refractivity contribution >= 4 is 17.1 Å². The number of thiophene rings is 1. The number of carbonyl (C=O) groups is 1. The lowest BCUT2D eigenvalue weighted by Crippen LogP contribution is -2.66. The minimum atomic E-state index is -0.237. The first-order chi connectivity index (χ1) is 10.1. The van der Waals surface area contributed by atoms with Gasteiger partial charge in [0, 0.05) is 17.2 Å². The van der Waals surface area contributed by atoms with Gasteiger partial charge in [0.2, 0.25) is 0 Å². The van der Waals surface area contributed by atoms with Gasteiger partial charge in [0.05, 0.1) is 17.1 Å². The molecular formula is C18H22O2S. The van der Waals surface area contributed by atoms with E-state index in [-0.39, 0.29) is 17.1 Å². The molecule has 3 aliphatic carbocycles.